The SMILES string of the molecule is Cc1cc(O)ccc1S(=O)(=O)c1ccc(OCc2ccccc2)cc1. The van der Waals surface area contributed by atoms with E-state index in [4.69, 9.17) is 4.74 Å². The summed E-state index contributed by atoms with van der Waals surface area (Å²) in [7, 11) is -3.64. The van der Waals surface area contributed by atoms with Gasteiger partial charge in [-0.2, -0.15) is 0 Å². The van der Waals surface area contributed by atoms with Crippen LogP contribution < -0.4 is 4.74 Å². The van der Waals surface area contributed by atoms with Crippen LogP contribution >= 0.6 is 0 Å². The van der Waals surface area contributed by atoms with E-state index in [0.29, 0.717) is 17.9 Å². The van der Waals surface area contributed by atoms with Gasteiger partial charge in [0.05, 0.1) is 9.79 Å². The second kappa shape index (κ2) is 6.99. The molecule has 0 radical (unpaired) electrons. The van der Waals surface area contributed by atoms with Crippen molar-refractivity contribution in [3.8, 4) is 11.5 Å². The standard InChI is InChI=1S/C20H18O4S/c1-15-13-17(21)7-12-20(15)25(22,23)19-10-8-18(9-11-19)24-14-16-5-3-2-4-6-16/h2-13,21H,14H2,1H3. The highest BCUT2D eigenvalue weighted by Crippen LogP contribution is 2.27. The number of ether oxygens (including phenoxy) is 1. The number of hydrogen-bond acceptors (Lipinski definition) is 4. The van der Waals surface area contributed by atoms with Crippen LogP contribution in [0.15, 0.2) is 82.6 Å². The first-order chi connectivity index (χ1) is 12.0. The molecule has 0 aliphatic carbocycles. The number of benzene rings is 3. The Balaban J connectivity index is 1.79. The number of aryl methyl sites for hydroxylation is 1. The summed E-state index contributed by atoms with van der Waals surface area (Å²) in [5.41, 5.74) is 1.54. The summed E-state index contributed by atoms with van der Waals surface area (Å²) in [5.74, 6) is 0.645. The molecule has 0 spiro atoms. The lowest BCUT2D eigenvalue weighted by atomic mass is 10.2. The Hall–Kier alpha value is -2.79. The molecule has 0 heterocycles. The van der Waals surface area contributed by atoms with Gasteiger partial charge in [-0.05, 0) is 60.5 Å². The van der Waals surface area contributed by atoms with Gasteiger partial charge in [0.25, 0.3) is 0 Å². The van der Waals surface area contributed by atoms with E-state index in [1.165, 1.54) is 30.3 Å². The van der Waals surface area contributed by atoms with E-state index in [2.05, 4.69) is 0 Å². The topological polar surface area (TPSA) is 63.6 Å². The molecule has 0 saturated heterocycles. The van der Waals surface area contributed by atoms with Crippen molar-refractivity contribution in [3.63, 3.8) is 0 Å². The highest BCUT2D eigenvalue weighted by Gasteiger charge is 2.20. The van der Waals surface area contributed by atoms with E-state index in [0.717, 1.165) is 5.56 Å². The molecule has 0 bridgehead atoms. The van der Waals surface area contributed by atoms with Crippen molar-refractivity contribution in [3.05, 3.63) is 83.9 Å². The van der Waals surface area contributed by atoms with E-state index in [1.54, 1.807) is 19.1 Å². The normalized spacial score (nSPS) is 11.2. The third-order valence-electron chi connectivity index (χ3n) is 3.83. The van der Waals surface area contributed by atoms with Crippen molar-refractivity contribution in [2.45, 2.75) is 23.3 Å². The smallest absolute Gasteiger partial charge is 0.206 e. The van der Waals surface area contributed by atoms with E-state index < -0.39 is 9.84 Å². The van der Waals surface area contributed by atoms with Crippen LogP contribution in [0, 0.1) is 6.92 Å². The van der Waals surface area contributed by atoms with Crippen molar-refractivity contribution in [2.75, 3.05) is 0 Å². The molecule has 0 saturated carbocycles. The summed E-state index contributed by atoms with van der Waals surface area (Å²) in [4.78, 5) is 0.372. The number of rotatable bonds is 5. The van der Waals surface area contributed by atoms with Crippen molar-refractivity contribution < 1.29 is 18.3 Å². The average Bonchev–Trinajstić information content (AvgIpc) is 2.61. The van der Waals surface area contributed by atoms with E-state index in [1.807, 2.05) is 30.3 Å². The Morgan fingerprint density at radius 1 is 0.920 bits per heavy atom. The largest absolute Gasteiger partial charge is 0.508 e. The molecular weight excluding hydrogens is 336 g/mol. The monoisotopic (exact) mass is 354 g/mol. The van der Waals surface area contributed by atoms with Crippen LogP contribution in [0.1, 0.15) is 11.1 Å². The van der Waals surface area contributed by atoms with Crippen LogP contribution in [0.3, 0.4) is 0 Å². The first kappa shape index (κ1) is 17.0. The Morgan fingerprint density at radius 3 is 2.24 bits per heavy atom. The molecule has 1 N–H and O–H groups in total. The molecule has 4 nitrogen and oxygen atoms in total. The zero-order chi connectivity index (χ0) is 17.9. The fourth-order valence-corrected chi connectivity index (χ4v) is 4.00. The summed E-state index contributed by atoms with van der Waals surface area (Å²) in [6.07, 6.45) is 0. The van der Waals surface area contributed by atoms with Crippen molar-refractivity contribution in [2.24, 2.45) is 0 Å². The van der Waals surface area contributed by atoms with Crippen LogP contribution in [0.25, 0.3) is 0 Å². The maximum Gasteiger partial charge on any atom is 0.206 e. The molecule has 0 fully saturated rings. The second-order valence-corrected chi connectivity index (χ2v) is 7.62. The van der Waals surface area contributed by atoms with Gasteiger partial charge in [0.2, 0.25) is 9.84 Å². The maximum atomic E-state index is 12.7. The molecule has 128 valence electrons. The quantitative estimate of drug-likeness (QED) is 0.749. The van der Waals surface area contributed by atoms with Gasteiger partial charge < -0.3 is 9.84 Å². The summed E-state index contributed by atoms with van der Waals surface area (Å²) in [6.45, 7) is 2.08. The zero-order valence-corrected chi connectivity index (χ0v) is 14.5. The van der Waals surface area contributed by atoms with Crippen LogP contribution in [0.5, 0.6) is 11.5 Å². The predicted molar refractivity (Wildman–Crippen MR) is 95.5 cm³/mol. The van der Waals surface area contributed by atoms with Crippen molar-refractivity contribution >= 4 is 9.84 Å². The lowest BCUT2D eigenvalue weighted by Gasteiger charge is -2.10. The molecule has 3 aromatic carbocycles. The third kappa shape index (κ3) is 3.83. The minimum Gasteiger partial charge on any atom is -0.508 e. The zero-order valence-electron chi connectivity index (χ0n) is 13.7. The lowest BCUT2D eigenvalue weighted by Crippen LogP contribution is -2.04. The van der Waals surface area contributed by atoms with Crippen LogP contribution in [-0.4, -0.2) is 13.5 Å². The molecule has 25 heavy (non-hydrogen) atoms. The summed E-state index contributed by atoms with van der Waals surface area (Å²) in [6, 6.07) is 20.3. The Bertz CT molecular complexity index is 962. The fraction of sp³-hybridized carbons (Fsp3) is 0.100. The predicted octanol–water partition coefficient (Wildman–Crippen LogP) is 4.11. The second-order valence-electron chi connectivity index (χ2n) is 5.70. The van der Waals surface area contributed by atoms with Gasteiger partial charge in [0.1, 0.15) is 18.1 Å². The molecule has 3 rings (SSSR count). The highest BCUT2D eigenvalue weighted by molar-refractivity contribution is 7.91. The molecule has 5 heteroatoms. The number of phenolic OH excluding ortho intramolecular Hbond substituents is 1. The van der Waals surface area contributed by atoms with Crippen LogP contribution in [0.2, 0.25) is 0 Å². The molecule has 0 aromatic heterocycles. The van der Waals surface area contributed by atoms with Gasteiger partial charge in [0.15, 0.2) is 0 Å². The van der Waals surface area contributed by atoms with Crippen LogP contribution in [-0.2, 0) is 16.4 Å². The number of phenols is 1. The number of sulfone groups is 1. The van der Waals surface area contributed by atoms with E-state index in [-0.39, 0.29) is 15.5 Å². The third-order valence-corrected chi connectivity index (χ3v) is 5.76. The summed E-state index contributed by atoms with van der Waals surface area (Å²) in [5, 5.41) is 9.45. The molecule has 0 amide bonds. The number of aromatic hydroxyl groups is 1. The van der Waals surface area contributed by atoms with Gasteiger partial charge in [-0.25, -0.2) is 8.42 Å². The maximum absolute atomic E-state index is 12.7. The molecule has 0 unspecified atom stereocenters. The van der Waals surface area contributed by atoms with Crippen molar-refractivity contribution in [1.82, 2.24) is 0 Å². The van der Waals surface area contributed by atoms with Gasteiger partial charge in [-0.3, -0.25) is 0 Å². The van der Waals surface area contributed by atoms with Gasteiger partial charge in [-0.15, -0.1) is 0 Å². The highest BCUT2D eigenvalue weighted by atomic mass is 32.2. The average molecular weight is 354 g/mol. The molecular formula is C20H18O4S. The number of hydrogen-bond donors (Lipinski definition) is 1. The minimum absolute atomic E-state index is 0.0427. The van der Waals surface area contributed by atoms with Crippen LogP contribution in [0.4, 0.5) is 0 Å². The summed E-state index contributed by atoms with van der Waals surface area (Å²) < 4.78 is 31.1. The van der Waals surface area contributed by atoms with Crippen molar-refractivity contribution in [1.29, 1.82) is 0 Å². The summed E-state index contributed by atoms with van der Waals surface area (Å²) >= 11 is 0. The molecule has 0 atom stereocenters. The Morgan fingerprint density at radius 2 is 1.60 bits per heavy atom. The minimum atomic E-state index is -3.64. The lowest BCUT2D eigenvalue weighted by molar-refractivity contribution is 0.306. The fourth-order valence-electron chi connectivity index (χ4n) is 2.52. The van der Waals surface area contributed by atoms with Gasteiger partial charge >= 0.3 is 0 Å². The van der Waals surface area contributed by atoms with Gasteiger partial charge in [-0.1, -0.05) is 30.3 Å². The molecule has 0 aliphatic heterocycles. The first-order valence-electron chi connectivity index (χ1n) is 7.78. The molecule has 0 aliphatic rings. The van der Waals surface area contributed by atoms with Gasteiger partial charge in [0, 0.05) is 0 Å². The first-order valence-corrected chi connectivity index (χ1v) is 9.26. The van der Waals surface area contributed by atoms with E-state index >= 15 is 0 Å². The molecule has 3 aromatic rings. The van der Waals surface area contributed by atoms with E-state index in [9.17, 15) is 13.5 Å². The Labute approximate surface area is 147 Å². The Kier molecular flexibility index (Phi) is 4.76.